The topological polar surface area (TPSA) is 47.6 Å². The van der Waals surface area contributed by atoms with Gasteiger partial charge in [-0.25, -0.2) is 0 Å². The molecule has 1 atom stereocenters. The zero-order valence-electron chi connectivity index (χ0n) is 18.2. The first-order valence-electron chi connectivity index (χ1n) is 10.8. The Balaban J connectivity index is 1.76. The van der Waals surface area contributed by atoms with E-state index in [4.69, 9.17) is 9.47 Å². The molecule has 0 aliphatic rings. The summed E-state index contributed by atoms with van der Waals surface area (Å²) >= 11 is 0. The average molecular weight is 398 g/mol. The Morgan fingerprint density at radius 3 is 2.10 bits per heavy atom. The van der Waals surface area contributed by atoms with Crippen LogP contribution in [-0.2, 0) is 4.79 Å². The quantitative estimate of drug-likeness (QED) is 0.412. The zero-order chi connectivity index (χ0) is 21.1. The summed E-state index contributed by atoms with van der Waals surface area (Å²) < 4.78 is 11.5. The van der Waals surface area contributed by atoms with Gasteiger partial charge in [0, 0.05) is 5.69 Å². The fourth-order valence-corrected chi connectivity index (χ4v) is 2.96. The van der Waals surface area contributed by atoms with Gasteiger partial charge >= 0.3 is 0 Å². The molecular weight excluding hydrogens is 362 g/mol. The van der Waals surface area contributed by atoms with Crippen molar-refractivity contribution in [1.82, 2.24) is 0 Å². The zero-order valence-corrected chi connectivity index (χ0v) is 18.2. The number of hydrogen-bond donors (Lipinski definition) is 1. The normalized spacial score (nSPS) is 11.9. The van der Waals surface area contributed by atoms with Gasteiger partial charge in [0.1, 0.15) is 11.5 Å². The molecular formula is C25H35NO3. The van der Waals surface area contributed by atoms with Crippen molar-refractivity contribution in [2.75, 3.05) is 11.9 Å². The molecule has 0 spiro atoms. The summed E-state index contributed by atoms with van der Waals surface area (Å²) in [5.74, 6) is 1.81. The van der Waals surface area contributed by atoms with Gasteiger partial charge in [-0.15, -0.1) is 0 Å². The number of hydrogen-bond acceptors (Lipinski definition) is 3. The van der Waals surface area contributed by atoms with E-state index >= 15 is 0 Å². The van der Waals surface area contributed by atoms with Crippen LogP contribution in [0.2, 0.25) is 0 Å². The minimum atomic E-state index is -0.584. The molecule has 0 aromatic heterocycles. The van der Waals surface area contributed by atoms with E-state index in [2.05, 4.69) is 26.1 Å². The Morgan fingerprint density at radius 1 is 0.862 bits per heavy atom. The number of benzene rings is 2. The second kappa shape index (κ2) is 12.2. The predicted octanol–water partition coefficient (Wildman–Crippen LogP) is 6.57. The van der Waals surface area contributed by atoms with Gasteiger partial charge in [0.25, 0.3) is 5.91 Å². The highest BCUT2D eigenvalue weighted by molar-refractivity contribution is 5.94. The maximum absolute atomic E-state index is 12.4. The number of amides is 1. The Kier molecular flexibility index (Phi) is 9.55. The molecule has 0 aliphatic carbocycles. The van der Waals surface area contributed by atoms with Crippen molar-refractivity contribution < 1.29 is 14.3 Å². The molecule has 0 unspecified atom stereocenters. The molecule has 0 heterocycles. The van der Waals surface area contributed by atoms with Gasteiger partial charge in [0.05, 0.1) is 6.61 Å². The molecule has 0 saturated carbocycles. The maximum Gasteiger partial charge on any atom is 0.265 e. The smallest absolute Gasteiger partial charge is 0.265 e. The van der Waals surface area contributed by atoms with Crippen molar-refractivity contribution in [1.29, 1.82) is 0 Å². The van der Waals surface area contributed by atoms with E-state index < -0.39 is 6.10 Å². The molecule has 0 aliphatic heterocycles. The van der Waals surface area contributed by atoms with Crippen LogP contribution in [-0.4, -0.2) is 18.6 Å². The van der Waals surface area contributed by atoms with Crippen molar-refractivity contribution >= 4 is 11.6 Å². The number of carbonyl (C=O) groups excluding carboxylic acids is 1. The van der Waals surface area contributed by atoms with Crippen molar-refractivity contribution in [2.24, 2.45) is 0 Å². The summed E-state index contributed by atoms with van der Waals surface area (Å²) in [7, 11) is 0. The number of anilines is 1. The predicted molar refractivity (Wildman–Crippen MR) is 120 cm³/mol. The van der Waals surface area contributed by atoms with Crippen LogP contribution < -0.4 is 14.8 Å². The van der Waals surface area contributed by atoms with E-state index in [1.54, 1.807) is 6.92 Å². The van der Waals surface area contributed by atoms with Crippen LogP contribution >= 0.6 is 0 Å². The maximum atomic E-state index is 12.4. The molecule has 0 bridgehead atoms. The number of rotatable bonds is 12. The fourth-order valence-electron chi connectivity index (χ4n) is 2.96. The Bertz CT molecular complexity index is 723. The second-order valence-corrected chi connectivity index (χ2v) is 7.76. The number of nitrogens with one attached hydrogen (secondary N) is 1. The van der Waals surface area contributed by atoms with E-state index in [-0.39, 0.29) is 5.91 Å². The Labute approximate surface area is 175 Å². The van der Waals surface area contributed by atoms with Crippen LogP contribution in [0.25, 0.3) is 0 Å². The molecule has 2 rings (SSSR count). The summed E-state index contributed by atoms with van der Waals surface area (Å²) in [6.45, 7) is 9.00. The van der Waals surface area contributed by atoms with Gasteiger partial charge in [-0.1, -0.05) is 58.6 Å². The molecule has 29 heavy (non-hydrogen) atoms. The van der Waals surface area contributed by atoms with Crippen molar-refractivity contribution in [3.8, 4) is 11.5 Å². The lowest BCUT2D eigenvalue weighted by Crippen LogP contribution is -2.30. The van der Waals surface area contributed by atoms with Crippen molar-refractivity contribution in [3.63, 3.8) is 0 Å². The van der Waals surface area contributed by atoms with E-state index in [1.165, 1.54) is 31.2 Å². The Morgan fingerprint density at radius 2 is 1.48 bits per heavy atom. The highest BCUT2D eigenvalue weighted by atomic mass is 16.5. The molecule has 1 amide bonds. The largest absolute Gasteiger partial charge is 0.494 e. The van der Waals surface area contributed by atoms with Gasteiger partial charge in [-0.05, 0) is 61.2 Å². The van der Waals surface area contributed by atoms with E-state index in [1.807, 2.05) is 48.5 Å². The highest BCUT2D eigenvalue weighted by Gasteiger charge is 2.15. The van der Waals surface area contributed by atoms with E-state index in [9.17, 15) is 4.79 Å². The van der Waals surface area contributed by atoms with Crippen molar-refractivity contribution in [2.45, 2.75) is 71.8 Å². The number of unbranched alkanes of at least 4 members (excludes halogenated alkanes) is 4. The monoisotopic (exact) mass is 397 g/mol. The van der Waals surface area contributed by atoms with Gasteiger partial charge in [0.2, 0.25) is 0 Å². The number of ether oxygens (including phenoxy) is 2. The average Bonchev–Trinajstić information content (AvgIpc) is 2.72. The molecule has 0 saturated heterocycles. The first kappa shape index (κ1) is 22.8. The van der Waals surface area contributed by atoms with Gasteiger partial charge < -0.3 is 14.8 Å². The van der Waals surface area contributed by atoms with Crippen LogP contribution in [0, 0.1) is 0 Å². The van der Waals surface area contributed by atoms with Crippen LogP contribution in [0.3, 0.4) is 0 Å². The highest BCUT2D eigenvalue weighted by Crippen LogP contribution is 2.20. The SMILES string of the molecule is CCCCCCCOc1ccc(NC(=O)[C@H](C)Oc2ccc(C(C)C)cc2)cc1. The lowest BCUT2D eigenvalue weighted by molar-refractivity contribution is -0.122. The first-order chi connectivity index (χ1) is 14.0. The van der Waals surface area contributed by atoms with Gasteiger partial charge in [-0.2, -0.15) is 0 Å². The molecule has 158 valence electrons. The third-order valence-electron chi connectivity index (χ3n) is 4.87. The summed E-state index contributed by atoms with van der Waals surface area (Å²) in [5.41, 5.74) is 1.98. The summed E-state index contributed by atoms with van der Waals surface area (Å²) in [4.78, 5) is 12.4. The molecule has 0 radical (unpaired) electrons. The third-order valence-corrected chi connectivity index (χ3v) is 4.87. The number of carbonyl (C=O) groups is 1. The van der Waals surface area contributed by atoms with Crippen LogP contribution in [0.15, 0.2) is 48.5 Å². The lowest BCUT2D eigenvalue weighted by Gasteiger charge is -2.16. The molecule has 2 aromatic carbocycles. The summed E-state index contributed by atoms with van der Waals surface area (Å²) in [6.07, 6.45) is 5.51. The minimum absolute atomic E-state index is 0.178. The summed E-state index contributed by atoms with van der Waals surface area (Å²) in [5, 5.41) is 2.89. The molecule has 0 fully saturated rings. The lowest BCUT2D eigenvalue weighted by atomic mass is 10.0. The first-order valence-corrected chi connectivity index (χ1v) is 10.8. The van der Waals surface area contributed by atoms with Crippen LogP contribution in [0.1, 0.15) is 71.3 Å². The van der Waals surface area contributed by atoms with E-state index in [0.29, 0.717) is 11.7 Å². The van der Waals surface area contributed by atoms with Gasteiger partial charge in [-0.3, -0.25) is 4.79 Å². The van der Waals surface area contributed by atoms with E-state index in [0.717, 1.165) is 24.5 Å². The summed E-state index contributed by atoms with van der Waals surface area (Å²) in [6, 6.07) is 15.4. The standard InChI is InChI=1S/C25H35NO3/c1-5-6-7-8-9-18-28-23-16-12-22(13-17-23)26-25(27)20(4)29-24-14-10-21(11-15-24)19(2)3/h10-17,19-20H,5-9,18H2,1-4H3,(H,26,27)/t20-/m0/s1. The van der Waals surface area contributed by atoms with Gasteiger partial charge in [0.15, 0.2) is 6.10 Å². The fraction of sp³-hybridized carbons (Fsp3) is 0.480. The van der Waals surface area contributed by atoms with Crippen LogP contribution in [0.5, 0.6) is 11.5 Å². The molecule has 4 heteroatoms. The minimum Gasteiger partial charge on any atom is -0.494 e. The van der Waals surface area contributed by atoms with Crippen molar-refractivity contribution in [3.05, 3.63) is 54.1 Å². The Hall–Kier alpha value is -2.49. The second-order valence-electron chi connectivity index (χ2n) is 7.76. The third kappa shape index (κ3) is 8.18. The van der Waals surface area contributed by atoms with Crippen LogP contribution in [0.4, 0.5) is 5.69 Å². The molecule has 4 nitrogen and oxygen atoms in total. The molecule has 2 aromatic rings. The molecule has 1 N–H and O–H groups in total.